The van der Waals surface area contributed by atoms with Crippen molar-refractivity contribution >= 4 is 21.9 Å². The van der Waals surface area contributed by atoms with Gasteiger partial charge >= 0.3 is 0 Å². The van der Waals surface area contributed by atoms with Crippen LogP contribution in [0.5, 0.6) is 0 Å². The van der Waals surface area contributed by atoms with E-state index in [1.807, 2.05) is 0 Å². The van der Waals surface area contributed by atoms with Gasteiger partial charge in [-0.2, -0.15) is 5.26 Å². The van der Waals surface area contributed by atoms with Crippen molar-refractivity contribution in [3.05, 3.63) is 16.9 Å². The number of piperazine rings is 1. The Bertz CT molecular complexity index is 391. The lowest BCUT2D eigenvalue weighted by Gasteiger charge is -2.34. The van der Waals surface area contributed by atoms with Gasteiger partial charge in [0.05, 0.1) is 10.5 Å². The van der Waals surface area contributed by atoms with Crippen LogP contribution in [0.1, 0.15) is 6.42 Å². The van der Waals surface area contributed by atoms with Gasteiger partial charge in [0.25, 0.3) is 0 Å². The SMILES string of the molecule is N#CCCN1CCN(c2ncc(Br)cn2)CC1. The molecular weight excluding hydrogens is 282 g/mol. The predicted molar refractivity (Wildman–Crippen MR) is 68.6 cm³/mol. The number of hydrogen-bond acceptors (Lipinski definition) is 5. The highest BCUT2D eigenvalue weighted by atomic mass is 79.9. The molecular formula is C11H14BrN5. The quantitative estimate of drug-likeness (QED) is 0.841. The van der Waals surface area contributed by atoms with Crippen LogP contribution >= 0.6 is 15.9 Å². The van der Waals surface area contributed by atoms with E-state index in [-0.39, 0.29) is 0 Å². The number of hydrogen-bond donors (Lipinski definition) is 0. The van der Waals surface area contributed by atoms with E-state index in [0.29, 0.717) is 6.42 Å². The molecule has 2 rings (SSSR count). The fourth-order valence-corrected chi connectivity index (χ4v) is 2.05. The van der Waals surface area contributed by atoms with Gasteiger partial charge in [0, 0.05) is 51.5 Å². The summed E-state index contributed by atoms with van der Waals surface area (Å²) in [5.41, 5.74) is 0. The van der Waals surface area contributed by atoms with Crippen LogP contribution in [0.3, 0.4) is 0 Å². The Hall–Kier alpha value is -1.19. The Kier molecular flexibility index (Phi) is 4.29. The van der Waals surface area contributed by atoms with Gasteiger partial charge in [-0.15, -0.1) is 0 Å². The summed E-state index contributed by atoms with van der Waals surface area (Å²) >= 11 is 3.33. The second-order valence-corrected chi connectivity index (χ2v) is 4.85. The van der Waals surface area contributed by atoms with Gasteiger partial charge in [0.15, 0.2) is 0 Å². The van der Waals surface area contributed by atoms with E-state index in [1.54, 1.807) is 12.4 Å². The second-order valence-electron chi connectivity index (χ2n) is 3.94. The summed E-state index contributed by atoms with van der Waals surface area (Å²) in [5.74, 6) is 0.785. The lowest BCUT2D eigenvalue weighted by Crippen LogP contribution is -2.47. The van der Waals surface area contributed by atoms with Gasteiger partial charge in [0.2, 0.25) is 5.95 Å². The van der Waals surface area contributed by atoms with Gasteiger partial charge in [-0.1, -0.05) is 0 Å². The maximum Gasteiger partial charge on any atom is 0.225 e. The molecule has 90 valence electrons. The first kappa shape index (κ1) is 12.3. The van der Waals surface area contributed by atoms with Crippen molar-refractivity contribution in [2.45, 2.75) is 6.42 Å². The van der Waals surface area contributed by atoms with E-state index in [1.165, 1.54) is 0 Å². The zero-order chi connectivity index (χ0) is 12.1. The largest absolute Gasteiger partial charge is 0.338 e. The number of nitrogens with zero attached hydrogens (tertiary/aromatic N) is 5. The number of aromatic nitrogens is 2. The van der Waals surface area contributed by atoms with Gasteiger partial charge < -0.3 is 4.90 Å². The van der Waals surface area contributed by atoms with Crippen LogP contribution in [0.4, 0.5) is 5.95 Å². The minimum Gasteiger partial charge on any atom is -0.338 e. The molecule has 0 aromatic carbocycles. The Morgan fingerprint density at radius 3 is 2.47 bits per heavy atom. The monoisotopic (exact) mass is 295 g/mol. The van der Waals surface area contributed by atoms with Crippen LogP contribution in [0, 0.1) is 11.3 Å². The van der Waals surface area contributed by atoms with Gasteiger partial charge in [0.1, 0.15) is 0 Å². The molecule has 0 atom stereocenters. The van der Waals surface area contributed by atoms with Gasteiger partial charge in [-0.3, -0.25) is 4.90 Å². The van der Waals surface area contributed by atoms with Gasteiger partial charge in [-0.05, 0) is 15.9 Å². The molecule has 0 saturated carbocycles. The third-order valence-corrected chi connectivity index (χ3v) is 3.21. The molecule has 0 aliphatic carbocycles. The smallest absolute Gasteiger partial charge is 0.225 e. The molecule has 1 saturated heterocycles. The van der Waals surface area contributed by atoms with Crippen molar-refractivity contribution < 1.29 is 0 Å². The van der Waals surface area contributed by atoms with Crippen LogP contribution in [-0.2, 0) is 0 Å². The van der Waals surface area contributed by atoms with Crippen LogP contribution < -0.4 is 4.90 Å². The molecule has 1 aromatic rings. The molecule has 1 aromatic heterocycles. The van der Waals surface area contributed by atoms with Crippen LogP contribution in [0.2, 0.25) is 0 Å². The van der Waals surface area contributed by atoms with E-state index < -0.39 is 0 Å². The van der Waals surface area contributed by atoms with Crippen LogP contribution in [-0.4, -0.2) is 47.6 Å². The molecule has 5 nitrogen and oxygen atoms in total. The Labute approximate surface area is 109 Å². The lowest BCUT2D eigenvalue weighted by atomic mass is 10.3. The minimum absolute atomic E-state index is 0.606. The number of nitriles is 1. The molecule has 1 aliphatic rings. The topological polar surface area (TPSA) is 56.1 Å². The molecule has 0 spiro atoms. The summed E-state index contributed by atoms with van der Waals surface area (Å²) in [6.07, 6.45) is 4.14. The van der Waals surface area contributed by atoms with Crippen molar-refractivity contribution in [2.24, 2.45) is 0 Å². The zero-order valence-electron chi connectivity index (χ0n) is 9.51. The minimum atomic E-state index is 0.606. The normalized spacial score (nSPS) is 16.8. The molecule has 1 fully saturated rings. The average molecular weight is 296 g/mol. The Morgan fingerprint density at radius 2 is 1.88 bits per heavy atom. The highest BCUT2D eigenvalue weighted by molar-refractivity contribution is 9.10. The predicted octanol–water partition coefficient (Wildman–Crippen LogP) is 1.27. The first-order chi connectivity index (χ1) is 8.29. The summed E-state index contributed by atoms with van der Waals surface area (Å²) in [4.78, 5) is 13.1. The standard InChI is InChI=1S/C11H14BrN5/c12-10-8-14-11(15-9-10)17-6-4-16(5-7-17)3-1-2-13/h8-9H,1,3-7H2. The Balaban J connectivity index is 1.87. The summed E-state index contributed by atoms with van der Waals surface area (Å²) in [5, 5.41) is 8.54. The molecule has 6 heteroatoms. The maximum absolute atomic E-state index is 8.54. The van der Waals surface area contributed by atoms with Crippen molar-refractivity contribution in [1.29, 1.82) is 5.26 Å². The summed E-state index contributed by atoms with van der Waals surface area (Å²) < 4.78 is 0.897. The molecule has 0 unspecified atom stereocenters. The van der Waals surface area contributed by atoms with Crippen molar-refractivity contribution in [3.8, 4) is 6.07 Å². The van der Waals surface area contributed by atoms with E-state index in [4.69, 9.17) is 5.26 Å². The van der Waals surface area contributed by atoms with E-state index in [9.17, 15) is 0 Å². The maximum atomic E-state index is 8.54. The number of rotatable bonds is 3. The molecule has 1 aliphatic heterocycles. The second kappa shape index (κ2) is 5.94. The van der Waals surface area contributed by atoms with Crippen molar-refractivity contribution in [1.82, 2.24) is 14.9 Å². The summed E-state index contributed by atoms with van der Waals surface area (Å²) in [6, 6.07) is 2.18. The molecule has 0 bridgehead atoms. The van der Waals surface area contributed by atoms with Crippen LogP contribution in [0.25, 0.3) is 0 Å². The molecule has 0 N–H and O–H groups in total. The third-order valence-electron chi connectivity index (χ3n) is 2.80. The fourth-order valence-electron chi connectivity index (χ4n) is 1.85. The highest BCUT2D eigenvalue weighted by Crippen LogP contribution is 2.13. The highest BCUT2D eigenvalue weighted by Gasteiger charge is 2.18. The third kappa shape index (κ3) is 3.38. The summed E-state index contributed by atoms with van der Waals surface area (Å²) in [6.45, 7) is 4.66. The van der Waals surface area contributed by atoms with Crippen LogP contribution in [0.15, 0.2) is 16.9 Å². The zero-order valence-corrected chi connectivity index (χ0v) is 11.1. The van der Waals surface area contributed by atoms with E-state index in [0.717, 1.165) is 43.1 Å². The molecule has 0 amide bonds. The van der Waals surface area contributed by atoms with Gasteiger partial charge in [-0.25, -0.2) is 9.97 Å². The van der Waals surface area contributed by atoms with Crippen molar-refractivity contribution in [2.75, 3.05) is 37.6 Å². The Morgan fingerprint density at radius 1 is 1.24 bits per heavy atom. The number of anilines is 1. The molecule has 0 radical (unpaired) electrons. The fraction of sp³-hybridized carbons (Fsp3) is 0.545. The summed E-state index contributed by atoms with van der Waals surface area (Å²) in [7, 11) is 0. The molecule has 17 heavy (non-hydrogen) atoms. The first-order valence-electron chi connectivity index (χ1n) is 5.61. The molecule has 2 heterocycles. The van der Waals surface area contributed by atoms with E-state index in [2.05, 4.69) is 41.8 Å². The van der Waals surface area contributed by atoms with Crippen molar-refractivity contribution in [3.63, 3.8) is 0 Å². The average Bonchev–Trinajstić information content (AvgIpc) is 2.38. The lowest BCUT2D eigenvalue weighted by molar-refractivity contribution is 0.262. The number of halogens is 1. The van der Waals surface area contributed by atoms with E-state index >= 15 is 0 Å². The first-order valence-corrected chi connectivity index (χ1v) is 6.40.